The molecule has 8 nitrogen and oxygen atoms in total. The lowest BCUT2D eigenvalue weighted by Gasteiger charge is -2.35. The predicted octanol–water partition coefficient (Wildman–Crippen LogP) is 3.88. The molecule has 1 N–H and O–H groups in total. The van der Waals surface area contributed by atoms with Crippen LogP contribution in [0, 0.1) is 0 Å². The third kappa shape index (κ3) is 10.9. The first-order valence-corrected chi connectivity index (χ1v) is 12.1. The van der Waals surface area contributed by atoms with Gasteiger partial charge in [-0.2, -0.15) is 0 Å². The zero-order chi connectivity index (χ0) is 22.7. The van der Waals surface area contributed by atoms with E-state index in [1.807, 2.05) is 27.7 Å². The maximum absolute atomic E-state index is 12.3. The highest BCUT2D eigenvalue weighted by Crippen LogP contribution is 2.18. The summed E-state index contributed by atoms with van der Waals surface area (Å²) in [5.41, 5.74) is -0.488. The van der Waals surface area contributed by atoms with Crippen LogP contribution in [0.25, 0.3) is 0 Å². The van der Waals surface area contributed by atoms with Gasteiger partial charge in [-0.15, -0.1) is 24.0 Å². The Morgan fingerprint density at radius 2 is 1.91 bits per heavy atom. The van der Waals surface area contributed by atoms with Gasteiger partial charge in [-0.3, -0.25) is 4.99 Å². The van der Waals surface area contributed by atoms with Gasteiger partial charge in [0.15, 0.2) is 5.96 Å². The van der Waals surface area contributed by atoms with Gasteiger partial charge in [0, 0.05) is 39.3 Å². The fourth-order valence-corrected chi connectivity index (χ4v) is 3.82. The van der Waals surface area contributed by atoms with Crippen molar-refractivity contribution in [3.63, 3.8) is 0 Å². The van der Waals surface area contributed by atoms with Crippen LogP contribution in [0.15, 0.2) is 4.99 Å². The van der Waals surface area contributed by atoms with Gasteiger partial charge in [-0.25, -0.2) is 4.79 Å². The largest absolute Gasteiger partial charge is 0.444 e. The van der Waals surface area contributed by atoms with Gasteiger partial charge in [-0.05, 0) is 66.7 Å². The molecule has 0 aliphatic carbocycles. The second-order valence-electron chi connectivity index (χ2n) is 9.30. The summed E-state index contributed by atoms with van der Waals surface area (Å²) in [6.07, 6.45) is 5.83. The Balaban J connectivity index is 0.00000512. The number of ether oxygens (including phenoxy) is 3. The molecular formula is C23H45IN4O4. The van der Waals surface area contributed by atoms with E-state index in [0.29, 0.717) is 25.7 Å². The number of guanidine groups is 1. The van der Waals surface area contributed by atoms with Crippen molar-refractivity contribution in [2.45, 2.75) is 84.5 Å². The molecule has 2 aliphatic rings. The number of carbonyl (C=O) groups is 1. The maximum atomic E-state index is 12.3. The molecule has 0 bridgehead atoms. The number of likely N-dealkylation sites (N-methyl/N-ethyl adjacent to an activating group) is 1. The van der Waals surface area contributed by atoms with Gasteiger partial charge < -0.3 is 29.3 Å². The van der Waals surface area contributed by atoms with Crippen molar-refractivity contribution >= 4 is 36.0 Å². The van der Waals surface area contributed by atoms with Crippen molar-refractivity contribution in [3.05, 3.63) is 0 Å². The van der Waals surface area contributed by atoms with Crippen LogP contribution >= 0.6 is 24.0 Å². The zero-order valence-electron chi connectivity index (χ0n) is 20.7. The van der Waals surface area contributed by atoms with Crippen molar-refractivity contribution in [3.8, 4) is 0 Å². The van der Waals surface area contributed by atoms with Crippen LogP contribution in [0.5, 0.6) is 0 Å². The number of halogens is 1. The van der Waals surface area contributed by atoms with E-state index >= 15 is 0 Å². The second kappa shape index (κ2) is 15.2. The topological polar surface area (TPSA) is 75.6 Å². The molecule has 32 heavy (non-hydrogen) atoms. The van der Waals surface area contributed by atoms with E-state index in [1.54, 1.807) is 4.90 Å². The number of likely N-dealkylation sites (tertiary alicyclic amines) is 1. The Kier molecular flexibility index (Phi) is 13.8. The molecule has 0 aromatic rings. The summed E-state index contributed by atoms with van der Waals surface area (Å²) in [5, 5.41) is 3.39. The molecule has 9 heteroatoms. The summed E-state index contributed by atoms with van der Waals surface area (Å²) in [6.45, 7) is 15.6. The fourth-order valence-electron chi connectivity index (χ4n) is 3.82. The minimum atomic E-state index is -0.488. The molecule has 0 radical (unpaired) electrons. The van der Waals surface area contributed by atoms with Crippen molar-refractivity contribution in [2.24, 2.45) is 4.99 Å². The molecule has 2 fully saturated rings. The van der Waals surface area contributed by atoms with E-state index in [-0.39, 0.29) is 36.2 Å². The molecule has 1 unspecified atom stereocenters. The minimum absolute atomic E-state index is 0. The third-order valence-electron chi connectivity index (χ3n) is 5.53. The van der Waals surface area contributed by atoms with Gasteiger partial charge in [0.05, 0.1) is 25.4 Å². The zero-order valence-corrected chi connectivity index (χ0v) is 23.1. The Morgan fingerprint density at radius 1 is 1.19 bits per heavy atom. The second-order valence-corrected chi connectivity index (χ2v) is 9.30. The maximum Gasteiger partial charge on any atom is 0.410 e. The van der Waals surface area contributed by atoms with Gasteiger partial charge in [0.1, 0.15) is 5.60 Å². The minimum Gasteiger partial charge on any atom is -0.444 e. The summed E-state index contributed by atoms with van der Waals surface area (Å²) in [6, 6.07) is 0. The van der Waals surface area contributed by atoms with Crippen LogP contribution in [-0.4, -0.2) is 92.1 Å². The lowest BCUT2D eigenvalue weighted by atomic mass is 10.1. The number of amides is 1. The molecular weight excluding hydrogens is 523 g/mol. The average Bonchev–Trinajstić information content (AvgIpc) is 2.74. The van der Waals surface area contributed by atoms with E-state index in [0.717, 1.165) is 58.1 Å². The normalized spacial score (nSPS) is 20.5. The summed E-state index contributed by atoms with van der Waals surface area (Å²) < 4.78 is 17.4. The number of hydrogen-bond donors (Lipinski definition) is 1. The number of nitrogens with one attached hydrogen (secondary N) is 1. The lowest BCUT2D eigenvalue weighted by Crippen LogP contribution is -2.47. The number of hydrogen-bond acceptors (Lipinski definition) is 5. The molecule has 2 rings (SSSR count). The summed E-state index contributed by atoms with van der Waals surface area (Å²) in [4.78, 5) is 21.1. The van der Waals surface area contributed by atoms with Gasteiger partial charge in [0.2, 0.25) is 0 Å². The summed E-state index contributed by atoms with van der Waals surface area (Å²) >= 11 is 0. The van der Waals surface area contributed by atoms with Gasteiger partial charge in [0.25, 0.3) is 0 Å². The molecule has 1 amide bonds. The van der Waals surface area contributed by atoms with Crippen molar-refractivity contribution < 1.29 is 19.0 Å². The lowest BCUT2D eigenvalue weighted by molar-refractivity contribution is -0.0721. The van der Waals surface area contributed by atoms with Crippen LogP contribution in [-0.2, 0) is 14.2 Å². The predicted molar refractivity (Wildman–Crippen MR) is 139 cm³/mol. The number of nitrogens with zero attached hydrogens (tertiary/aromatic N) is 3. The smallest absolute Gasteiger partial charge is 0.410 e. The number of carbonyl (C=O) groups excluding carboxylic acids is 1. The number of aliphatic imine (C=N–C) groups is 1. The van der Waals surface area contributed by atoms with E-state index in [1.165, 1.54) is 12.8 Å². The Morgan fingerprint density at radius 3 is 2.47 bits per heavy atom. The SMILES string of the molecule is CCNC(=NCCN(CC)C(=O)OC(C)(C)C)N1CCC(OCC2CCCCO2)CC1.I. The van der Waals surface area contributed by atoms with E-state index in [2.05, 4.69) is 17.1 Å². The highest BCUT2D eigenvalue weighted by molar-refractivity contribution is 14.0. The molecule has 0 aromatic carbocycles. The standard InChI is InChI=1S/C23H44N4O4.HI/c1-6-24-21(25-13-16-26(7-2)22(28)31-23(3,4)5)27-14-11-19(12-15-27)30-18-20-10-8-9-17-29-20;/h19-20H,6-18H2,1-5H3,(H,24,25);1H. The highest BCUT2D eigenvalue weighted by Gasteiger charge is 2.24. The van der Waals surface area contributed by atoms with Gasteiger partial charge >= 0.3 is 6.09 Å². The Labute approximate surface area is 211 Å². The molecule has 0 aromatic heterocycles. The van der Waals surface area contributed by atoms with Crippen molar-refractivity contribution in [1.82, 2.24) is 15.1 Å². The molecule has 0 saturated carbocycles. The van der Waals surface area contributed by atoms with Crippen LogP contribution in [0.3, 0.4) is 0 Å². The van der Waals surface area contributed by atoms with Crippen molar-refractivity contribution in [1.29, 1.82) is 0 Å². The molecule has 0 spiro atoms. The average molecular weight is 569 g/mol. The van der Waals surface area contributed by atoms with Crippen LogP contribution in [0.2, 0.25) is 0 Å². The monoisotopic (exact) mass is 568 g/mol. The van der Waals surface area contributed by atoms with E-state index in [9.17, 15) is 4.79 Å². The Hall–Kier alpha value is -0.810. The first kappa shape index (κ1) is 29.2. The molecule has 1 atom stereocenters. The first-order chi connectivity index (χ1) is 14.8. The van der Waals surface area contributed by atoms with Crippen LogP contribution in [0.1, 0.15) is 66.7 Å². The fraction of sp³-hybridized carbons (Fsp3) is 0.913. The number of piperidine rings is 1. The molecule has 2 saturated heterocycles. The quantitative estimate of drug-likeness (QED) is 0.272. The third-order valence-corrected chi connectivity index (χ3v) is 5.53. The molecule has 2 heterocycles. The highest BCUT2D eigenvalue weighted by atomic mass is 127. The molecule has 2 aliphatic heterocycles. The van der Waals surface area contributed by atoms with Crippen LogP contribution < -0.4 is 5.32 Å². The Bertz CT molecular complexity index is 557. The van der Waals surface area contributed by atoms with E-state index in [4.69, 9.17) is 19.2 Å². The molecule has 188 valence electrons. The van der Waals surface area contributed by atoms with Gasteiger partial charge in [-0.1, -0.05) is 0 Å². The summed E-state index contributed by atoms with van der Waals surface area (Å²) in [7, 11) is 0. The number of rotatable bonds is 8. The summed E-state index contributed by atoms with van der Waals surface area (Å²) in [5.74, 6) is 0.914. The first-order valence-electron chi connectivity index (χ1n) is 12.1. The van der Waals surface area contributed by atoms with Crippen molar-refractivity contribution in [2.75, 3.05) is 52.5 Å². The van der Waals surface area contributed by atoms with E-state index < -0.39 is 5.60 Å². The van der Waals surface area contributed by atoms with Crippen LogP contribution in [0.4, 0.5) is 4.79 Å².